The van der Waals surface area contributed by atoms with Crippen LogP contribution in [0, 0.1) is 0 Å². The van der Waals surface area contributed by atoms with Crippen molar-refractivity contribution in [1.29, 1.82) is 0 Å². The average molecular weight is 499 g/mol. The van der Waals surface area contributed by atoms with Gasteiger partial charge in [0.1, 0.15) is 9.84 Å². The van der Waals surface area contributed by atoms with E-state index in [0.717, 1.165) is 18.4 Å². The van der Waals surface area contributed by atoms with E-state index in [9.17, 15) is 26.4 Å². The second kappa shape index (κ2) is 8.68. The van der Waals surface area contributed by atoms with Crippen molar-refractivity contribution in [1.82, 2.24) is 9.13 Å². The van der Waals surface area contributed by atoms with Crippen molar-refractivity contribution in [3.8, 4) is 11.5 Å². The molecule has 1 atom stereocenters. The molecule has 3 aromatic rings. The smallest absolute Gasteiger partial charge is 0.416 e. The number of ether oxygens (including phenoxy) is 2. The van der Waals surface area contributed by atoms with Gasteiger partial charge in [-0.25, -0.2) is 13.2 Å². The second-order valence-corrected chi connectivity index (χ2v) is 10.6. The third kappa shape index (κ3) is 4.66. The lowest BCUT2D eigenvalue weighted by Crippen LogP contribution is -2.31. The van der Waals surface area contributed by atoms with Crippen molar-refractivity contribution < 1.29 is 31.1 Å². The lowest BCUT2D eigenvalue weighted by molar-refractivity contribution is -0.137. The van der Waals surface area contributed by atoms with E-state index in [2.05, 4.69) is 0 Å². The van der Waals surface area contributed by atoms with Gasteiger partial charge in [-0.3, -0.25) is 9.13 Å². The minimum absolute atomic E-state index is 0.138. The van der Waals surface area contributed by atoms with Crippen molar-refractivity contribution in [2.45, 2.75) is 38.0 Å². The van der Waals surface area contributed by atoms with Crippen LogP contribution in [0.25, 0.3) is 11.0 Å². The van der Waals surface area contributed by atoms with Crippen LogP contribution in [0.1, 0.15) is 43.0 Å². The Morgan fingerprint density at radius 1 is 1.09 bits per heavy atom. The van der Waals surface area contributed by atoms with Gasteiger partial charge in [0.05, 0.1) is 42.1 Å². The van der Waals surface area contributed by atoms with Crippen LogP contribution in [-0.4, -0.2) is 43.3 Å². The number of rotatable bonds is 8. The highest BCUT2D eigenvalue weighted by Crippen LogP contribution is 2.40. The number of nitrogens with zero attached hydrogens (tertiary/aromatic N) is 2. The summed E-state index contributed by atoms with van der Waals surface area (Å²) in [5.41, 5.74) is -0.563. The summed E-state index contributed by atoms with van der Waals surface area (Å²) in [6.07, 6.45) is -2.18. The molecule has 0 unspecified atom stereocenters. The predicted octanol–water partition coefficient (Wildman–Crippen LogP) is 4.20. The maximum absolute atomic E-state index is 13.6. The normalized spacial score (nSPS) is 15.5. The maximum atomic E-state index is 13.6. The van der Waals surface area contributed by atoms with Gasteiger partial charge in [0.15, 0.2) is 11.5 Å². The molecular formula is C23H25F3N2O5S. The van der Waals surface area contributed by atoms with Gasteiger partial charge in [-0.1, -0.05) is 6.07 Å². The Morgan fingerprint density at radius 3 is 2.35 bits per heavy atom. The van der Waals surface area contributed by atoms with E-state index in [1.807, 2.05) is 0 Å². The topological polar surface area (TPSA) is 79.5 Å². The number of imidazole rings is 1. The van der Waals surface area contributed by atoms with Gasteiger partial charge in [-0.05, 0) is 55.7 Å². The summed E-state index contributed by atoms with van der Waals surface area (Å²) in [5.74, 6) is 0.390. The molecule has 7 nitrogen and oxygen atoms in total. The number of sulfone groups is 1. The van der Waals surface area contributed by atoms with Crippen molar-refractivity contribution >= 4 is 20.9 Å². The fraction of sp³-hybridized carbons (Fsp3) is 0.435. The van der Waals surface area contributed by atoms with Crippen LogP contribution in [0.15, 0.2) is 41.2 Å². The van der Waals surface area contributed by atoms with Gasteiger partial charge in [-0.15, -0.1) is 0 Å². The number of benzene rings is 2. The molecule has 1 aliphatic rings. The quantitative estimate of drug-likeness (QED) is 0.465. The molecule has 2 aromatic carbocycles. The van der Waals surface area contributed by atoms with E-state index in [0.29, 0.717) is 36.5 Å². The van der Waals surface area contributed by atoms with Crippen LogP contribution in [0.3, 0.4) is 0 Å². The van der Waals surface area contributed by atoms with Crippen molar-refractivity contribution in [2.75, 3.05) is 25.7 Å². The molecule has 0 spiro atoms. The Bertz CT molecular complexity index is 1390. The first kappa shape index (κ1) is 24.2. The summed E-state index contributed by atoms with van der Waals surface area (Å²) < 4.78 is 78.5. The summed E-state index contributed by atoms with van der Waals surface area (Å²) in [6, 6.07) is 6.77. The van der Waals surface area contributed by atoms with Crippen molar-refractivity contribution in [3.05, 3.63) is 58.0 Å². The molecule has 1 aliphatic carbocycles. The molecule has 1 heterocycles. The van der Waals surface area contributed by atoms with Crippen LogP contribution in [0.2, 0.25) is 0 Å². The van der Waals surface area contributed by atoms with Crippen LogP contribution in [0.4, 0.5) is 13.2 Å². The third-order valence-corrected chi connectivity index (χ3v) is 6.71. The molecule has 34 heavy (non-hydrogen) atoms. The number of halogens is 3. The van der Waals surface area contributed by atoms with Crippen LogP contribution < -0.4 is 15.2 Å². The number of aromatic nitrogens is 2. The lowest BCUT2D eigenvalue weighted by atomic mass is 10.1. The first-order valence-electron chi connectivity index (χ1n) is 10.8. The highest BCUT2D eigenvalue weighted by molar-refractivity contribution is 7.90. The van der Waals surface area contributed by atoms with Gasteiger partial charge < -0.3 is 9.47 Å². The Hall–Kier alpha value is -2.95. The van der Waals surface area contributed by atoms with E-state index in [1.165, 1.54) is 22.3 Å². The molecule has 1 fully saturated rings. The number of fused-ring (bicyclic) bond motifs is 1. The second-order valence-electron chi connectivity index (χ2n) is 8.41. The van der Waals surface area contributed by atoms with Gasteiger partial charge in [0.25, 0.3) is 0 Å². The van der Waals surface area contributed by atoms with Crippen molar-refractivity contribution in [2.24, 2.45) is 0 Å². The number of methoxy groups -OCH3 is 1. The minimum Gasteiger partial charge on any atom is -0.493 e. The molecule has 0 N–H and O–H groups in total. The number of alkyl halides is 3. The zero-order chi connectivity index (χ0) is 24.8. The van der Waals surface area contributed by atoms with E-state index >= 15 is 0 Å². The minimum atomic E-state index is -4.57. The Balaban J connectivity index is 1.98. The maximum Gasteiger partial charge on any atom is 0.416 e. The molecule has 0 aliphatic heterocycles. The van der Waals surface area contributed by atoms with Gasteiger partial charge in [0, 0.05) is 12.3 Å². The first-order chi connectivity index (χ1) is 15.9. The monoisotopic (exact) mass is 498 g/mol. The predicted molar refractivity (Wildman–Crippen MR) is 121 cm³/mol. The SMILES string of the molecule is CCOc1cc([C@H](CS(C)(=O)=O)n2c(=O)n(C3CC3)c3cc(C(F)(F)F)ccc32)ccc1OC. The Kier molecular flexibility index (Phi) is 6.17. The number of hydrogen-bond donors (Lipinski definition) is 0. The molecule has 0 amide bonds. The fourth-order valence-corrected chi connectivity index (χ4v) is 5.10. The van der Waals surface area contributed by atoms with Crippen molar-refractivity contribution in [3.63, 3.8) is 0 Å². The molecule has 184 valence electrons. The summed E-state index contributed by atoms with van der Waals surface area (Å²) in [7, 11) is -2.12. The first-order valence-corrected chi connectivity index (χ1v) is 12.8. The Labute approximate surface area is 194 Å². The molecule has 0 bridgehead atoms. The van der Waals surface area contributed by atoms with Crippen LogP contribution in [0.5, 0.6) is 11.5 Å². The zero-order valence-electron chi connectivity index (χ0n) is 18.9. The van der Waals surface area contributed by atoms with Gasteiger partial charge >= 0.3 is 11.9 Å². The zero-order valence-corrected chi connectivity index (χ0v) is 19.7. The average Bonchev–Trinajstić information content (AvgIpc) is 3.53. The summed E-state index contributed by atoms with van der Waals surface area (Å²) in [6.45, 7) is 2.11. The lowest BCUT2D eigenvalue weighted by Gasteiger charge is -2.20. The van der Waals surface area contributed by atoms with Crippen LogP contribution >= 0.6 is 0 Å². The molecule has 0 saturated heterocycles. The highest BCUT2D eigenvalue weighted by atomic mass is 32.2. The van der Waals surface area contributed by atoms with Gasteiger partial charge in [0.2, 0.25) is 0 Å². The fourth-order valence-electron chi connectivity index (χ4n) is 4.18. The molecule has 11 heteroatoms. The third-order valence-electron chi connectivity index (χ3n) is 5.79. The molecule has 1 aromatic heterocycles. The molecule has 0 radical (unpaired) electrons. The molecular weight excluding hydrogens is 473 g/mol. The molecule has 1 saturated carbocycles. The van der Waals surface area contributed by atoms with Crippen LogP contribution in [-0.2, 0) is 16.0 Å². The van der Waals surface area contributed by atoms with E-state index in [4.69, 9.17) is 9.47 Å². The Morgan fingerprint density at radius 2 is 1.79 bits per heavy atom. The largest absolute Gasteiger partial charge is 0.493 e. The summed E-state index contributed by atoms with van der Waals surface area (Å²) in [5, 5.41) is 0. The van der Waals surface area contributed by atoms with E-state index in [1.54, 1.807) is 25.1 Å². The van der Waals surface area contributed by atoms with E-state index in [-0.39, 0.29) is 17.1 Å². The standard InChI is InChI=1S/C23H25F3N2O5S/c1-4-33-21-11-14(5-10-20(21)32-2)19(13-34(3,30)31)28-17-9-6-15(23(24,25)26)12-18(17)27(22(28)29)16-7-8-16/h5-6,9-12,16,19H,4,7-8,13H2,1-3H3/t19-/m0/s1. The van der Waals surface area contributed by atoms with E-state index < -0.39 is 39.1 Å². The highest BCUT2D eigenvalue weighted by Gasteiger charge is 2.35. The summed E-state index contributed by atoms with van der Waals surface area (Å²) >= 11 is 0. The summed E-state index contributed by atoms with van der Waals surface area (Å²) in [4.78, 5) is 13.6. The molecule has 4 rings (SSSR count). The van der Waals surface area contributed by atoms with Gasteiger partial charge in [-0.2, -0.15) is 13.2 Å². The number of hydrogen-bond acceptors (Lipinski definition) is 5.